The molecule has 4 rings (SSSR count). The van der Waals surface area contributed by atoms with Crippen LogP contribution in [0.3, 0.4) is 0 Å². The van der Waals surface area contributed by atoms with Crippen molar-refractivity contribution < 1.29 is 28.2 Å². The second-order valence-corrected chi connectivity index (χ2v) is 5.61. The lowest BCUT2D eigenvalue weighted by molar-refractivity contribution is -0.135. The number of hydrogen-bond acceptors (Lipinski definition) is 7. The fourth-order valence-corrected chi connectivity index (χ4v) is 3.06. The molecule has 2 aliphatic rings. The van der Waals surface area contributed by atoms with Gasteiger partial charge in [0.25, 0.3) is 0 Å². The van der Waals surface area contributed by atoms with E-state index in [2.05, 4.69) is 0 Å². The van der Waals surface area contributed by atoms with Crippen LogP contribution in [0.2, 0.25) is 0 Å². The van der Waals surface area contributed by atoms with Crippen molar-refractivity contribution in [3.8, 4) is 23.0 Å². The number of aryl methyl sites for hydroxylation is 1. The van der Waals surface area contributed by atoms with Crippen LogP contribution in [0.5, 0.6) is 23.0 Å². The third-order valence-corrected chi connectivity index (χ3v) is 4.10. The van der Waals surface area contributed by atoms with E-state index in [0.717, 1.165) is 0 Å². The van der Waals surface area contributed by atoms with Crippen molar-refractivity contribution in [1.29, 1.82) is 0 Å². The first-order chi connectivity index (χ1) is 11.6. The van der Waals surface area contributed by atoms with Crippen molar-refractivity contribution in [3.63, 3.8) is 0 Å². The summed E-state index contributed by atoms with van der Waals surface area (Å²) in [5.41, 5.74) is 0.505. The van der Waals surface area contributed by atoms with Crippen LogP contribution in [0.15, 0.2) is 27.4 Å². The second-order valence-electron chi connectivity index (χ2n) is 5.61. The second kappa shape index (κ2) is 5.30. The summed E-state index contributed by atoms with van der Waals surface area (Å²) in [4.78, 5) is 24.3. The first-order valence-corrected chi connectivity index (χ1v) is 7.39. The average Bonchev–Trinajstić information content (AvgIpc) is 3.00. The van der Waals surface area contributed by atoms with Gasteiger partial charge in [-0.25, -0.2) is 4.79 Å². The first-order valence-electron chi connectivity index (χ1n) is 7.39. The predicted molar refractivity (Wildman–Crippen MR) is 80.9 cm³/mol. The summed E-state index contributed by atoms with van der Waals surface area (Å²) in [6, 6.07) is 5.03. The highest BCUT2D eigenvalue weighted by molar-refractivity contribution is 5.77. The van der Waals surface area contributed by atoms with E-state index in [-0.39, 0.29) is 19.0 Å². The van der Waals surface area contributed by atoms with Crippen LogP contribution in [0.4, 0.5) is 0 Å². The largest absolute Gasteiger partial charge is 0.493 e. The molecule has 0 fully saturated rings. The molecule has 0 bridgehead atoms. The van der Waals surface area contributed by atoms with Gasteiger partial charge in [-0.2, -0.15) is 0 Å². The molecular formula is C17H14O7. The number of ether oxygens (including phenoxy) is 4. The van der Waals surface area contributed by atoms with Crippen molar-refractivity contribution in [2.24, 2.45) is 0 Å². The summed E-state index contributed by atoms with van der Waals surface area (Å²) in [6.45, 7) is 1.72. The molecule has 124 valence electrons. The molecule has 3 heterocycles. The molecule has 2 aromatic rings. The van der Waals surface area contributed by atoms with Gasteiger partial charge in [0.1, 0.15) is 11.5 Å². The van der Waals surface area contributed by atoms with Gasteiger partial charge in [-0.1, -0.05) is 0 Å². The minimum absolute atomic E-state index is 0.0314. The molecule has 7 heteroatoms. The monoisotopic (exact) mass is 330 g/mol. The van der Waals surface area contributed by atoms with E-state index in [1.165, 1.54) is 7.11 Å². The molecule has 0 radical (unpaired) electrons. The quantitative estimate of drug-likeness (QED) is 0.780. The van der Waals surface area contributed by atoms with E-state index in [1.807, 2.05) is 0 Å². The SMILES string of the molecule is COc1cc(C2CC(=O)Oc3cc(C)oc(=O)c32)cc2c1OCO2. The normalized spacial score (nSPS) is 18.1. The van der Waals surface area contributed by atoms with Crippen LogP contribution in [0.25, 0.3) is 0 Å². The van der Waals surface area contributed by atoms with Gasteiger partial charge < -0.3 is 23.4 Å². The Morgan fingerprint density at radius 3 is 2.75 bits per heavy atom. The van der Waals surface area contributed by atoms with Gasteiger partial charge in [-0.3, -0.25) is 4.79 Å². The third-order valence-electron chi connectivity index (χ3n) is 4.10. The van der Waals surface area contributed by atoms with Gasteiger partial charge >= 0.3 is 11.6 Å². The number of carbonyl (C=O) groups excluding carboxylic acids is 1. The van der Waals surface area contributed by atoms with E-state index < -0.39 is 17.5 Å². The van der Waals surface area contributed by atoms with E-state index in [4.69, 9.17) is 23.4 Å². The fourth-order valence-electron chi connectivity index (χ4n) is 3.06. The van der Waals surface area contributed by atoms with Crippen LogP contribution in [0.1, 0.15) is 29.2 Å². The number of carbonyl (C=O) groups is 1. The molecule has 0 saturated heterocycles. The lowest BCUT2D eigenvalue weighted by atomic mass is 9.87. The Morgan fingerprint density at radius 2 is 1.96 bits per heavy atom. The van der Waals surface area contributed by atoms with Gasteiger partial charge in [0.15, 0.2) is 11.5 Å². The summed E-state index contributed by atoms with van der Waals surface area (Å²) >= 11 is 0. The molecule has 1 aromatic carbocycles. The Bertz CT molecular complexity index is 897. The predicted octanol–water partition coefficient (Wildman–Crippen LogP) is 2.13. The molecule has 0 spiro atoms. The molecule has 1 atom stereocenters. The molecule has 2 aliphatic heterocycles. The van der Waals surface area contributed by atoms with E-state index in [0.29, 0.717) is 34.1 Å². The molecule has 7 nitrogen and oxygen atoms in total. The average molecular weight is 330 g/mol. The highest BCUT2D eigenvalue weighted by atomic mass is 16.7. The summed E-state index contributed by atoms with van der Waals surface area (Å²) in [6.07, 6.45) is 0.0314. The standard InChI is InChI=1S/C17H14O7/c1-8-3-11-15(17(19)23-8)10(6-14(18)24-11)9-4-12(20-2)16-13(5-9)21-7-22-16/h3-5,10H,6-7H2,1-2H3. The highest BCUT2D eigenvalue weighted by Gasteiger charge is 2.34. The number of methoxy groups -OCH3 is 1. The topological polar surface area (TPSA) is 84.2 Å². The first kappa shape index (κ1) is 14.6. The Balaban J connectivity index is 1.90. The number of benzene rings is 1. The molecule has 0 aliphatic carbocycles. The smallest absolute Gasteiger partial charge is 0.343 e. The van der Waals surface area contributed by atoms with Gasteiger partial charge in [-0.05, 0) is 24.6 Å². The number of fused-ring (bicyclic) bond motifs is 2. The summed E-state index contributed by atoms with van der Waals surface area (Å²) < 4.78 is 26.5. The lowest BCUT2D eigenvalue weighted by Crippen LogP contribution is -2.26. The summed E-state index contributed by atoms with van der Waals surface area (Å²) in [5, 5.41) is 0. The molecule has 0 N–H and O–H groups in total. The third kappa shape index (κ3) is 2.20. The van der Waals surface area contributed by atoms with Gasteiger partial charge in [-0.15, -0.1) is 0 Å². The Hall–Kier alpha value is -2.96. The minimum atomic E-state index is -0.515. The van der Waals surface area contributed by atoms with E-state index >= 15 is 0 Å². The van der Waals surface area contributed by atoms with Gasteiger partial charge in [0.05, 0.1) is 19.1 Å². The van der Waals surface area contributed by atoms with E-state index in [1.54, 1.807) is 25.1 Å². The van der Waals surface area contributed by atoms with Crippen molar-refractivity contribution >= 4 is 5.97 Å². The van der Waals surface area contributed by atoms with Crippen molar-refractivity contribution in [2.75, 3.05) is 13.9 Å². The van der Waals surface area contributed by atoms with Crippen molar-refractivity contribution in [3.05, 3.63) is 45.5 Å². The van der Waals surface area contributed by atoms with Crippen LogP contribution in [0, 0.1) is 6.92 Å². The molecule has 0 amide bonds. The Labute approximate surface area is 136 Å². The van der Waals surface area contributed by atoms with Crippen LogP contribution in [-0.2, 0) is 4.79 Å². The van der Waals surface area contributed by atoms with Crippen LogP contribution in [-0.4, -0.2) is 19.9 Å². The van der Waals surface area contributed by atoms with Gasteiger partial charge in [0, 0.05) is 12.0 Å². The molecule has 1 unspecified atom stereocenters. The zero-order valence-electron chi connectivity index (χ0n) is 13.1. The van der Waals surface area contributed by atoms with Crippen LogP contribution < -0.4 is 24.6 Å². The van der Waals surface area contributed by atoms with E-state index in [9.17, 15) is 9.59 Å². The maximum Gasteiger partial charge on any atom is 0.343 e. The van der Waals surface area contributed by atoms with Crippen molar-refractivity contribution in [1.82, 2.24) is 0 Å². The number of rotatable bonds is 2. The molecule has 0 saturated carbocycles. The lowest BCUT2D eigenvalue weighted by Gasteiger charge is -2.24. The van der Waals surface area contributed by atoms with Crippen LogP contribution >= 0.6 is 0 Å². The number of esters is 1. The maximum absolute atomic E-state index is 12.3. The minimum Gasteiger partial charge on any atom is -0.493 e. The fraction of sp³-hybridized carbons (Fsp3) is 0.294. The number of hydrogen-bond donors (Lipinski definition) is 0. The zero-order valence-corrected chi connectivity index (χ0v) is 13.1. The molecule has 24 heavy (non-hydrogen) atoms. The maximum atomic E-state index is 12.3. The summed E-state index contributed by atoms with van der Waals surface area (Å²) in [5.74, 6) is 1.22. The molecule has 1 aromatic heterocycles. The van der Waals surface area contributed by atoms with Gasteiger partial charge in [0.2, 0.25) is 12.5 Å². The van der Waals surface area contributed by atoms with Crippen molar-refractivity contribution in [2.45, 2.75) is 19.3 Å². The Morgan fingerprint density at radius 1 is 1.12 bits per heavy atom. The molecular weight excluding hydrogens is 316 g/mol. The Kier molecular flexibility index (Phi) is 3.23. The highest BCUT2D eigenvalue weighted by Crippen LogP contribution is 2.46. The zero-order chi connectivity index (χ0) is 16.8. The summed E-state index contributed by atoms with van der Waals surface area (Å²) in [7, 11) is 1.52.